The molecule has 0 N–H and O–H groups in total. The normalized spacial score (nSPS) is 11.9. The predicted octanol–water partition coefficient (Wildman–Crippen LogP) is 12.9. The zero-order chi connectivity index (χ0) is 43.8. The van der Waals surface area contributed by atoms with Gasteiger partial charge in [0.05, 0.1) is 39.8 Å². The molecule has 4 nitrogen and oxygen atoms in total. The van der Waals surface area contributed by atoms with Crippen LogP contribution in [0.2, 0.25) is 0 Å². The van der Waals surface area contributed by atoms with Crippen molar-refractivity contribution in [3.05, 3.63) is 254 Å². The Morgan fingerprint density at radius 3 is 1.36 bits per heavy atom. The van der Waals surface area contributed by atoms with Gasteiger partial charge < -0.3 is 13.7 Å². The molecule has 0 aliphatic carbocycles. The van der Waals surface area contributed by atoms with Crippen molar-refractivity contribution in [2.45, 2.75) is 0 Å². The third-order valence-corrected chi connectivity index (χ3v) is 18.6. The maximum absolute atomic E-state index is 7.86. The molecule has 0 fully saturated rings. The van der Waals surface area contributed by atoms with Gasteiger partial charge in [-0.2, -0.15) is 0 Å². The van der Waals surface area contributed by atoms with E-state index in [1.54, 1.807) is 0 Å². The molecular formula is C61H40N4Si. The van der Waals surface area contributed by atoms with Crippen LogP contribution in [0.1, 0.15) is 0 Å². The highest BCUT2D eigenvalue weighted by atomic mass is 28.3. The van der Waals surface area contributed by atoms with Gasteiger partial charge in [-0.3, -0.25) is 0 Å². The Morgan fingerprint density at radius 1 is 0.303 bits per heavy atom. The minimum Gasteiger partial charge on any atom is -0.310 e. The lowest BCUT2D eigenvalue weighted by Gasteiger charge is -2.34. The quantitative estimate of drug-likeness (QED) is 0.0864. The molecule has 66 heavy (non-hydrogen) atoms. The monoisotopic (exact) mass is 856 g/mol. The van der Waals surface area contributed by atoms with E-state index < -0.39 is 8.07 Å². The molecule has 3 heterocycles. The molecule has 0 amide bonds. The SMILES string of the molecule is [C-]#[N+]c1ccc2c3ccccc3n(-c3ccc4c5ccccc5n(-c5cccc6c5c5ccccc5n6-c5cccc([Si](c6ccccc6)(c6ccccc6)c6ccccc6)c5)c4c3)c2c1. The molecule has 5 heteroatoms. The Hall–Kier alpha value is -8.69. The molecular weight excluding hydrogens is 817 g/mol. The van der Waals surface area contributed by atoms with Crippen LogP contribution in [0.4, 0.5) is 5.69 Å². The van der Waals surface area contributed by atoms with Gasteiger partial charge in [0.1, 0.15) is 0 Å². The van der Waals surface area contributed by atoms with Crippen LogP contribution in [-0.2, 0) is 0 Å². The van der Waals surface area contributed by atoms with Gasteiger partial charge in [-0.15, -0.1) is 0 Å². The van der Waals surface area contributed by atoms with Crippen molar-refractivity contribution < 1.29 is 0 Å². The largest absolute Gasteiger partial charge is 0.310 e. The predicted molar refractivity (Wildman–Crippen MR) is 279 cm³/mol. The average Bonchev–Trinajstić information content (AvgIpc) is 4.03. The first-order valence-electron chi connectivity index (χ1n) is 22.5. The van der Waals surface area contributed by atoms with Crippen molar-refractivity contribution in [3.8, 4) is 17.1 Å². The molecule has 10 aromatic carbocycles. The number of nitrogens with zero attached hydrogens (tertiary/aromatic N) is 4. The van der Waals surface area contributed by atoms with Crippen molar-refractivity contribution in [2.24, 2.45) is 0 Å². The molecule has 0 atom stereocenters. The van der Waals surface area contributed by atoms with Crippen molar-refractivity contribution >= 4 is 99.9 Å². The first-order valence-corrected chi connectivity index (χ1v) is 24.5. The third kappa shape index (κ3) is 5.49. The smallest absolute Gasteiger partial charge is 0.189 e. The van der Waals surface area contributed by atoms with Crippen LogP contribution in [0.15, 0.2) is 243 Å². The Bertz CT molecular complexity index is 3960. The molecule has 0 saturated carbocycles. The van der Waals surface area contributed by atoms with Crippen LogP contribution in [-0.4, -0.2) is 21.8 Å². The van der Waals surface area contributed by atoms with Gasteiger partial charge in [0, 0.05) is 49.2 Å². The van der Waals surface area contributed by atoms with E-state index in [9.17, 15) is 0 Å². The van der Waals surface area contributed by atoms with Crippen LogP contribution >= 0.6 is 0 Å². The standard InChI is InChI=1S/C61H40N4Si/c1-62-42-35-37-51-49-27-11-14-30-54(49)64(59(51)39-42)44-36-38-52-50-28-12-15-31-55(50)65(60(52)41-44)58-34-18-33-57-61(58)53-29-13-16-32-56(53)63(57)43-19-17-26-48(40-43)66(45-20-5-2-6-21-45,46-22-7-3-8-23-46)47-24-9-4-10-25-47/h2-41H. The van der Waals surface area contributed by atoms with E-state index in [0.717, 1.165) is 55.5 Å². The van der Waals surface area contributed by atoms with Gasteiger partial charge in [-0.1, -0.05) is 182 Å². The van der Waals surface area contributed by atoms with E-state index in [0.29, 0.717) is 5.69 Å². The van der Waals surface area contributed by atoms with Gasteiger partial charge in [-0.25, -0.2) is 4.85 Å². The molecule has 0 aliphatic rings. The van der Waals surface area contributed by atoms with Gasteiger partial charge in [0.2, 0.25) is 0 Å². The summed E-state index contributed by atoms with van der Waals surface area (Å²) in [6.45, 7) is 7.86. The van der Waals surface area contributed by atoms with Gasteiger partial charge >= 0.3 is 0 Å². The Balaban J connectivity index is 1.08. The van der Waals surface area contributed by atoms with Crippen molar-refractivity contribution in [1.29, 1.82) is 0 Å². The highest BCUT2D eigenvalue weighted by molar-refractivity contribution is 7.19. The summed E-state index contributed by atoms with van der Waals surface area (Å²) in [5.41, 5.74) is 10.7. The molecule has 308 valence electrons. The van der Waals surface area contributed by atoms with E-state index in [1.807, 2.05) is 12.1 Å². The number of para-hydroxylation sites is 3. The van der Waals surface area contributed by atoms with Gasteiger partial charge in [0.15, 0.2) is 13.8 Å². The maximum Gasteiger partial charge on any atom is 0.189 e. The number of rotatable bonds is 7. The van der Waals surface area contributed by atoms with E-state index in [4.69, 9.17) is 6.57 Å². The number of hydrogen-bond donors (Lipinski definition) is 0. The van der Waals surface area contributed by atoms with Crippen LogP contribution < -0.4 is 20.7 Å². The fourth-order valence-corrected chi connectivity index (χ4v) is 15.9. The third-order valence-electron chi connectivity index (χ3n) is 13.8. The summed E-state index contributed by atoms with van der Waals surface area (Å²) in [5, 5.41) is 12.5. The Morgan fingerprint density at radius 2 is 0.742 bits per heavy atom. The molecule has 0 unspecified atom stereocenters. The number of benzene rings is 10. The maximum atomic E-state index is 7.86. The summed E-state index contributed by atoms with van der Waals surface area (Å²) in [6, 6.07) is 88.7. The summed E-state index contributed by atoms with van der Waals surface area (Å²) in [7, 11) is -2.80. The molecule has 3 aromatic heterocycles. The van der Waals surface area contributed by atoms with Crippen LogP contribution in [0.3, 0.4) is 0 Å². The summed E-state index contributed by atoms with van der Waals surface area (Å²) in [5.74, 6) is 0. The molecule has 13 rings (SSSR count). The summed E-state index contributed by atoms with van der Waals surface area (Å²) < 4.78 is 7.27. The Kier molecular flexibility index (Phi) is 8.57. The molecule has 0 aliphatic heterocycles. The second-order valence-corrected chi connectivity index (χ2v) is 21.0. The van der Waals surface area contributed by atoms with E-state index >= 15 is 0 Å². The van der Waals surface area contributed by atoms with Crippen LogP contribution in [0.25, 0.3) is 87.3 Å². The van der Waals surface area contributed by atoms with Gasteiger partial charge in [-0.05, 0) is 81.4 Å². The van der Waals surface area contributed by atoms with Crippen LogP contribution in [0, 0.1) is 6.57 Å². The van der Waals surface area contributed by atoms with Crippen molar-refractivity contribution in [3.63, 3.8) is 0 Å². The molecule has 0 radical (unpaired) electrons. The fourth-order valence-electron chi connectivity index (χ4n) is 11.1. The van der Waals surface area contributed by atoms with Crippen molar-refractivity contribution in [1.82, 2.24) is 13.7 Å². The summed E-state index contributed by atoms with van der Waals surface area (Å²) >= 11 is 0. The second-order valence-electron chi connectivity index (χ2n) is 17.1. The lowest BCUT2D eigenvalue weighted by molar-refractivity contribution is 1.16. The first-order chi connectivity index (χ1) is 32.7. The zero-order valence-electron chi connectivity index (χ0n) is 35.9. The minimum atomic E-state index is -2.80. The fraction of sp³-hybridized carbons (Fsp3) is 0. The van der Waals surface area contributed by atoms with E-state index in [2.05, 4.69) is 249 Å². The zero-order valence-corrected chi connectivity index (χ0v) is 36.9. The molecule has 0 saturated heterocycles. The van der Waals surface area contributed by atoms with E-state index in [-0.39, 0.29) is 0 Å². The second kappa shape index (κ2) is 15.0. The lowest BCUT2D eigenvalue weighted by Crippen LogP contribution is -2.74. The molecule has 13 aromatic rings. The highest BCUT2D eigenvalue weighted by Crippen LogP contribution is 2.41. The Labute approximate surface area is 382 Å². The number of aromatic nitrogens is 3. The van der Waals surface area contributed by atoms with E-state index in [1.165, 1.54) is 47.7 Å². The summed E-state index contributed by atoms with van der Waals surface area (Å²) in [4.78, 5) is 3.83. The number of hydrogen-bond acceptors (Lipinski definition) is 0. The average molecular weight is 857 g/mol. The first kappa shape index (κ1) is 37.8. The number of fused-ring (bicyclic) bond motifs is 9. The lowest BCUT2D eigenvalue weighted by atomic mass is 10.1. The topological polar surface area (TPSA) is 19.1 Å². The summed E-state index contributed by atoms with van der Waals surface area (Å²) in [6.07, 6.45) is 0. The molecule has 0 bridgehead atoms. The molecule has 0 spiro atoms. The van der Waals surface area contributed by atoms with Gasteiger partial charge in [0.25, 0.3) is 0 Å². The minimum absolute atomic E-state index is 0.628. The van der Waals surface area contributed by atoms with Crippen LogP contribution in [0.5, 0.6) is 0 Å². The highest BCUT2D eigenvalue weighted by Gasteiger charge is 2.41. The van der Waals surface area contributed by atoms with Crippen molar-refractivity contribution in [2.75, 3.05) is 0 Å².